The van der Waals surface area contributed by atoms with Crippen molar-refractivity contribution in [2.75, 3.05) is 13.1 Å². The van der Waals surface area contributed by atoms with Crippen molar-refractivity contribution in [3.63, 3.8) is 0 Å². The second-order valence-electron chi connectivity index (χ2n) is 5.08. The third-order valence-corrected chi connectivity index (χ3v) is 4.42. The molecule has 1 unspecified atom stereocenters. The first-order valence-corrected chi connectivity index (χ1v) is 8.45. The van der Waals surface area contributed by atoms with Gasteiger partial charge in [0.15, 0.2) is 0 Å². The Morgan fingerprint density at radius 1 is 1.30 bits per heavy atom. The molecule has 0 saturated carbocycles. The lowest BCUT2D eigenvalue weighted by molar-refractivity contribution is -0.137. The van der Waals surface area contributed by atoms with Crippen LogP contribution in [0.2, 0.25) is 0 Å². The highest BCUT2D eigenvalue weighted by molar-refractivity contribution is 7.89. The van der Waals surface area contributed by atoms with Gasteiger partial charge in [-0.25, -0.2) is 13.1 Å². The van der Waals surface area contributed by atoms with Crippen molar-refractivity contribution in [2.24, 2.45) is 5.92 Å². The molecule has 126 valence electrons. The number of carbonyl (C=O) groups is 2. The van der Waals surface area contributed by atoms with E-state index in [9.17, 15) is 18.0 Å². The number of sulfonamides is 1. The maximum absolute atomic E-state index is 11.9. The van der Waals surface area contributed by atoms with Gasteiger partial charge in [-0.3, -0.25) is 9.59 Å². The quantitative estimate of drug-likeness (QED) is 0.580. The summed E-state index contributed by atoms with van der Waals surface area (Å²) >= 11 is 0. The smallest absolute Gasteiger partial charge is 0.303 e. The molecule has 0 aliphatic carbocycles. The number of nitrogens with one attached hydrogen (secondary N) is 2. The Hall–Kier alpha value is -2.19. The molecule has 0 heterocycles. The molecule has 0 radical (unpaired) electrons. The van der Waals surface area contributed by atoms with Crippen molar-refractivity contribution in [1.82, 2.24) is 10.0 Å². The van der Waals surface area contributed by atoms with E-state index in [1.807, 2.05) is 0 Å². The summed E-state index contributed by atoms with van der Waals surface area (Å²) in [4.78, 5) is 22.5. The predicted molar refractivity (Wildman–Crippen MR) is 85.6 cm³/mol. The fraction of sp³-hybridized carbons (Fsp3) is 0.333. The van der Waals surface area contributed by atoms with Gasteiger partial charge in [0, 0.05) is 25.1 Å². The van der Waals surface area contributed by atoms with E-state index in [2.05, 4.69) is 16.6 Å². The molecule has 7 nitrogen and oxygen atoms in total. The van der Waals surface area contributed by atoms with Gasteiger partial charge < -0.3 is 10.4 Å². The molecule has 0 aliphatic rings. The fourth-order valence-corrected chi connectivity index (χ4v) is 2.78. The molecular formula is C15H20N2O5S. The molecule has 23 heavy (non-hydrogen) atoms. The Morgan fingerprint density at radius 3 is 2.43 bits per heavy atom. The van der Waals surface area contributed by atoms with E-state index in [0.717, 1.165) is 0 Å². The number of hydrogen-bond donors (Lipinski definition) is 3. The summed E-state index contributed by atoms with van der Waals surface area (Å²) in [5.41, 5.74) is 0.301. The first-order valence-electron chi connectivity index (χ1n) is 6.97. The monoisotopic (exact) mass is 340 g/mol. The Balaban J connectivity index is 2.67. The van der Waals surface area contributed by atoms with Gasteiger partial charge in [0.1, 0.15) is 0 Å². The van der Waals surface area contributed by atoms with Gasteiger partial charge in [0.05, 0.1) is 4.90 Å². The molecule has 0 spiro atoms. The zero-order valence-corrected chi connectivity index (χ0v) is 13.6. The predicted octanol–water partition coefficient (Wildman–Crippen LogP) is 0.991. The van der Waals surface area contributed by atoms with E-state index in [-0.39, 0.29) is 36.2 Å². The van der Waals surface area contributed by atoms with Crippen molar-refractivity contribution < 1.29 is 23.1 Å². The molecule has 1 aromatic carbocycles. The largest absolute Gasteiger partial charge is 0.481 e. The Morgan fingerprint density at radius 2 is 1.91 bits per heavy atom. The number of rotatable bonds is 9. The van der Waals surface area contributed by atoms with E-state index in [1.165, 1.54) is 30.3 Å². The molecule has 0 bridgehead atoms. The van der Waals surface area contributed by atoms with Crippen LogP contribution in [0.15, 0.2) is 41.8 Å². The molecule has 0 aromatic heterocycles. The zero-order chi connectivity index (χ0) is 17.5. The van der Waals surface area contributed by atoms with Crippen LogP contribution in [0.3, 0.4) is 0 Å². The minimum absolute atomic E-state index is 0.0353. The van der Waals surface area contributed by atoms with E-state index >= 15 is 0 Å². The zero-order valence-electron chi connectivity index (χ0n) is 12.8. The van der Waals surface area contributed by atoms with Crippen LogP contribution in [0.25, 0.3) is 0 Å². The number of carboxylic acid groups (broad SMARTS) is 1. The number of carbonyl (C=O) groups excluding carboxylic acids is 1. The Kier molecular flexibility index (Phi) is 6.92. The van der Waals surface area contributed by atoms with Crippen molar-refractivity contribution in [3.05, 3.63) is 42.5 Å². The molecule has 1 aromatic rings. The van der Waals surface area contributed by atoms with Crippen LogP contribution in [0.4, 0.5) is 0 Å². The maximum Gasteiger partial charge on any atom is 0.303 e. The van der Waals surface area contributed by atoms with Crippen LogP contribution in [-0.2, 0) is 14.8 Å². The highest BCUT2D eigenvalue weighted by Gasteiger charge is 2.14. The molecule has 1 amide bonds. The summed E-state index contributed by atoms with van der Waals surface area (Å²) in [6, 6.07) is 5.47. The number of aliphatic carboxylic acids is 1. The van der Waals surface area contributed by atoms with Gasteiger partial charge in [-0.2, -0.15) is 0 Å². The average Bonchev–Trinajstić information content (AvgIpc) is 2.50. The normalized spacial score (nSPS) is 12.4. The molecule has 0 aliphatic heterocycles. The topological polar surface area (TPSA) is 113 Å². The van der Waals surface area contributed by atoms with Gasteiger partial charge in [-0.05, 0) is 30.2 Å². The first kappa shape index (κ1) is 18.9. The molecule has 0 fully saturated rings. The van der Waals surface area contributed by atoms with Crippen molar-refractivity contribution >= 4 is 21.9 Å². The fourth-order valence-electron chi connectivity index (χ4n) is 1.78. The maximum atomic E-state index is 11.9. The summed E-state index contributed by atoms with van der Waals surface area (Å²) in [6.45, 7) is 5.49. The van der Waals surface area contributed by atoms with Crippen LogP contribution in [0, 0.1) is 5.92 Å². The highest BCUT2D eigenvalue weighted by atomic mass is 32.2. The van der Waals surface area contributed by atoms with Gasteiger partial charge in [0.2, 0.25) is 10.0 Å². The minimum Gasteiger partial charge on any atom is -0.481 e. The highest BCUT2D eigenvalue weighted by Crippen LogP contribution is 2.10. The third kappa shape index (κ3) is 6.21. The Bertz CT molecular complexity index is 668. The average molecular weight is 340 g/mol. The van der Waals surface area contributed by atoms with E-state index in [4.69, 9.17) is 5.11 Å². The minimum atomic E-state index is -3.62. The molecule has 0 saturated heterocycles. The second kappa shape index (κ2) is 8.44. The summed E-state index contributed by atoms with van der Waals surface area (Å²) < 4.78 is 26.1. The van der Waals surface area contributed by atoms with Crippen LogP contribution in [-0.4, -0.2) is 38.5 Å². The van der Waals surface area contributed by atoms with Crippen molar-refractivity contribution in [2.45, 2.75) is 18.2 Å². The van der Waals surface area contributed by atoms with Gasteiger partial charge in [0.25, 0.3) is 5.91 Å². The van der Waals surface area contributed by atoms with E-state index < -0.39 is 16.0 Å². The first-order chi connectivity index (χ1) is 10.8. The van der Waals surface area contributed by atoms with Gasteiger partial charge >= 0.3 is 5.97 Å². The molecule has 1 rings (SSSR count). The lowest BCUT2D eigenvalue weighted by Gasteiger charge is -2.11. The lowest BCUT2D eigenvalue weighted by atomic mass is 10.1. The molecule has 1 atom stereocenters. The molecular weight excluding hydrogens is 320 g/mol. The second-order valence-corrected chi connectivity index (χ2v) is 6.84. The molecule has 3 N–H and O–H groups in total. The van der Waals surface area contributed by atoms with Crippen molar-refractivity contribution in [3.8, 4) is 0 Å². The summed E-state index contributed by atoms with van der Waals surface area (Å²) in [7, 11) is -3.62. The van der Waals surface area contributed by atoms with Gasteiger partial charge in [-0.15, -0.1) is 6.58 Å². The van der Waals surface area contributed by atoms with Crippen LogP contribution >= 0.6 is 0 Å². The van der Waals surface area contributed by atoms with Gasteiger partial charge in [-0.1, -0.05) is 13.0 Å². The van der Waals surface area contributed by atoms with Crippen LogP contribution < -0.4 is 10.0 Å². The number of benzene rings is 1. The number of carboxylic acids is 1. The number of hydrogen-bond acceptors (Lipinski definition) is 4. The van der Waals surface area contributed by atoms with Crippen LogP contribution in [0.1, 0.15) is 23.7 Å². The Labute approximate surface area is 135 Å². The summed E-state index contributed by atoms with van der Waals surface area (Å²) in [5.74, 6) is -1.50. The summed E-state index contributed by atoms with van der Waals surface area (Å²) in [5, 5.41) is 11.3. The van der Waals surface area contributed by atoms with E-state index in [0.29, 0.717) is 5.56 Å². The van der Waals surface area contributed by atoms with Crippen LogP contribution in [0.5, 0.6) is 0 Å². The third-order valence-electron chi connectivity index (χ3n) is 2.98. The van der Waals surface area contributed by atoms with Crippen molar-refractivity contribution in [1.29, 1.82) is 0 Å². The standard InChI is InChI=1S/C15H20N2O5S/c1-3-8-17-23(21,22)13-6-4-12(5-7-13)15(20)16-10-11(2)9-14(18)19/h3-7,11,17H,1,8-10H2,2H3,(H,16,20)(H,18,19). The number of amides is 1. The van der Waals surface area contributed by atoms with E-state index in [1.54, 1.807) is 6.92 Å². The lowest BCUT2D eigenvalue weighted by Crippen LogP contribution is -2.29. The SMILES string of the molecule is C=CCNS(=O)(=O)c1ccc(C(=O)NCC(C)CC(=O)O)cc1. The summed E-state index contributed by atoms with van der Waals surface area (Å²) in [6.07, 6.45) is 1.39. The molecule has 8 heteroatoms.